The highest BCUT2D eigenvalue weighted by Crippen LogP contribution is 2.31. The van der Waals surface area contributed by atoms with Gasteiger partial charge in [0.05, 0.1) is 38.9 Å². The zero-order valence-electron chi connectivity index (χ0n) is 15.0. The molecule has 4 aromatic rings. The number of pyridine rings is 1. The molecule has 4 rings (SSSR count). The molecule has 0 fully saturated rings. The molecule has 0 aliphatic carbocycles. The van der Waals surface area contributed by atoms with Crippen molar-refractivity contribution in [3.8, 4) is 5.69 Å². The van der Waals surface area contributed by atoms with Crippen LogP contribution >= 0.6 is 22.9 Å². The minimum absolute atomic E-state index is 0.148. The number of hydrogen-bond donors (Lipinski definition) is 2. The molecule has 0 unspecified atom stereocenters. The van der Waals surface area contributed by atoms with Crippen LogP contribution in [-0.4, -0.2) is 27.7 Å². The second-order valence-electron chi connectivity index (χ2n) is 6.06. The number of hydrogen-bond acceptors (Lipinski definition) is 5. The van der Waals surface area contributed by atoms with Crippen molar-refractivity contribution in [1.82, 2.24) is 20.1 Å². The number of carbonyl (C=O) groups excluding carboxylic acids is 1. The first-order chi connectivity index (χ1) is 13.5. The molecule has 6 nitrogen and oxygen atoms in total. The standard InChI is InChI=1S/C19H15ClFN5OS/c1-10-15(25-17-13(20)4-3-5-14(17)21)6-11-8-23-26(18(11)24-10)12-7-16(28-9-12)19(27)22-2/h3-9,25H,1-2H3,(H,22,27). The number of rotatable bonds is 4. The molecule has 0 radical (unpaired) electrons. The van der Waals surface area contributed by atoms with Gasteiger partial charge in [-0.2, -0.15) is 5.10 Å². The van der Waals surface area contributed by atoms with Crippen molar-refractivity contribution in [2.24, 2.45) is 0 Å². The first kappa shape index (κ1) is 18.4. The molecule has 0 atom stereocenters. The van der Waals surface area contributed by atoms with Crippen molar-refractivity contribution >= 4 is 51.3 Å². The number of carbonyl (C=O) groups is 1. The van der Waals surface area contributed by atoms with Gasteiger partial charge < -0.3 is 10.6 Å². The number of fused-ring (bicyclic) bond motifs is 1. The van der Waals surface area contributed by atoms with Gasteiger partial charge in [0.15, 0.2) is 5.65 Å². The Morgan fingerprint density at radius 3 is 2.89 bits per heavy atom. The van der Waals surface area contributed by atoms with E-state index in [1.165, 1.54) is 17.4 Å². The van der Waals surface area contributed by atoms with E-state index in [9.17, 15) is 9.18 Å². The third-order valence-electron chi connectivity index (χ3n) is 4.24. The van der Waals surface area contributed by atoms with Gasteiger partial charge in [-0.1, -0.05) is 17.7 Å². The summed E-state index contributed by atoms with van der Waals surface area (Å²) in [5, 5.41) is 12.9. The summed E-state index contributed by atoms with van der Waals surface area (Å²) in [6, 6.07) is 8.12. The van der Waals surface area contributed by atoms with E-state index in [4.69, 9.17) is 11.6 Å². The normalized spacial score (nSPS) is 11.0. The van der Waals surface area contributed by atoms with Crippen LogP contribution in [0.15, 0.2) is 41.9 Å². The number of para-hydroxylation sites is 1. The lowest BCUT2D eigenvalue weighted by Gasteiger charge is -2.12. The fourth-order valence-electron chi connectivity index (χ4n) is 2.79. The van der Waals surface area contributed by atoms with Gasteiger partial charge in [0.1, 0.15) is 5.82 Å². The molecule has 2 N–H and O–H groups in total. The largest absolute Gasteiger partial charge is 0.354 e. The lowest BCUT2D eigenvalue weighted by atomic mass is 10.2. The van der Waals surface area contributed by atoms with Gasteiger partial charge in [-0.05, 0) is 31.2 Å². The molecule has 0 bridgehead atoms. The Balaban J connectivity index is 1.73. The van der Waals surface area contributed by atoms with E-state index in [1.54, 1.807) is 36.1 Å². The number of aryl methyl sites for hydroxylation is 1. The molecule has 142 valence electrons. The summed E-state index contributed by atoms with van der Waals surface area (Å²) in [5.74, 6) is -0.590. The van der Waals surface area contributed by atoms with E-state index >= 15 is 0 Å². The van der Waals surface area contributed by atoms with Crippen molar-refractivity contribution in [1.29, 1.82) is 0 Å². The predicted molar refractivity (Wildman–Crippen MR) is 110 cm³/mol. The lowest BCUT2D eigenvalue weighted by Crippen LogP contribution is -2.16. The van der Waals surface area contributed by atoms with Gasteiger partial charge in [-0.3, -0.25) is 4.79 Å². The Hall–Kier alpha value is -2.97. The summed E-state index contributed by atoms with van der Waals surface area (Å²) in [6.07, 6.45) is 1.67. The average Bonchev–Trinajstić information content (AvgIpc) is 3.31. The number of halogens is 2. The van der Waals surface area contributed by atoms with Crippen LogP contribution in [0, 0.1) is 12.7 Å². The highest BCUT2D eigenvalue weighted by molar-refractivity contribution is 7.12. The third-order valence-corrected chi connectivity index (χ3v) is 5.47. The molecule has 0 spiro atoms. The summed E-state index contributed by atoms with van der Waals surface area (Å²) < 4.78 is 15.8. The summed E-state index contributed by atoms with van der Waals surface area (Å²) in [5.41, 5.74) is 2.90. The minimum Gasteiger partial charge on any atom is -0.354 e. The minimum atomic E-state index is -0.442. The molecule has 3 aromatic heterocycles. The topological polar surface area (TPSA) is 71.8 Å². The second kappa shape index (κ2) is 7.21. The molecule has 1 amide bonds. The highest BCUT2D eigenvalue weighted by Gasteiger charge is 2.15. The molecule has 28 heavy (non-hydrogen) atoms. The van der Waals surface area contributed by atoms with Gasteiger partial charge in [-0.25, -0.2) is 14.1 Å². The van der Waals surface area contributed by atoms with Crippen LogP contribution in [0.3, 0.4) is 0 Å². The number of aromatic nitrogens is 3. The van der Waals surface area contributed by atoms with E-state index < -0.39 is 5.82 Å². The van der Waals surface area contributed by atoms with Crippen LogP contribution in [0.25, 0.3) is 16.7 Å². The maximum Gasteiger partial charge on any atom is 0.261 e. The van der Waals surface area contributed by atoms with Gasteiger partial charge >= 0.3 is 0 Å². The number of anilines is 2. The van der Waals surface area contributed by atoms with Crippen LogP contribution in [0.1, 0.15) is 15.4 Å². The number of benzene rings is 1. The molecule has 0 saturated heterocycles. The van der Waals surface area contributed by atoms with Crippen molar-refractivity contribution in [2.75, 3.05) is 12.4 Å². The van der Waals surface area contributed by atoms with E-state index in [-0.39, 0.29) is 16.6 Å². The van der Waals surface area contributed by atoms with Crippen molar-refractivity contribution < 1.29 is 9.18 Å². The predicted octanol–water partition coefficient (Wildman–Crippen LogP) is 4.69. The van der Waals surface area contributed by atoms with Crippen LogP contribution in [0.4, 0.5) is 15.8 Å². The number of amides is 1. The number of nitrogens with one attached hydrogen (secondary N) is 2. The Morgan fingerprint density at radius 1 is 1.32 bits per heavy atom. The van der Waals surface area contributed by atoms with Crippen LogP contribution in [0.5, 0.6) is 0 Å². The Kier molecular flexibility index (Phi) is 4.74. The summed E-state index contributed by atoms with van der Waals surface area (Å²) in [7, 11) is 1.59. The molecular formula is C19H15ClFN5OS. The monoisotopic (exact) mass is 415 g/mol. The first-order valence-electron chi connectivity index (χ1n) is 8.35. The zero-order chi connectivity index (χ0) is 19.8. The van der Waals surface area contributed by atoms with Gasteiger partial charge in [0.25, 0.3) is 5.91 Å². The van der Waals surface area contributed by atoms with Crippen molar-refractivity contribution in [3.05, 3.63) is 63.3 Å². The van der Waals surface area contributed by atoms with E-state index in [1.807, 2.05) is 18.4 Å². The quantitative estimate of drug-likeness (QED) is 0.507. The Labute approximate surface area is 169 Å². The van der Waals surface area contributed by atoms with Crippen LogP contribution in [-0.2, 0) is 0 Å². The summed E-state index contributed by atoms with van der Waals surface area (Å²) in [6.45, 7) is 1.82. The molecule has 9 heteroatoms. The van der Waals surface area contributed by atoms with Crippen LogP contribution in [0.2, 0.25) is 5.02 Å². The van der Waals surface area contributed by atoms with Gasteiger partial charge in [0.2, 0.25) is 0 Å². The maximum absolute atomic E-state index is 14.1. The number of thiophene rings is 1. The third kappa shape index (κ3) is 3.21. The van der Waals surface area contributed by atoms with E-state index in [0.29, 0.717) is 21.9 Å². The second-order valence-corrected chi connectivity index (χ2v) is 7.38. The molecule has 0 aliphatic rings. The zero-order valence-corrected chi connectivity index (χ0v) is 16.5. The molecule has 0 saturated carbocycles. The Morgan fingerprint density at radius 2 is 2.14 bits per heavy atom. The van der Waals surface area contributed by atoms with Crippen LogP contribution < -0.4 is 10.6 Å². The SMILES string of the molecule is CNC(=O)c1cc(-n2ncc3cc(Nc4c(F)cccc4Cl)c(C)nc32)cs1. The Bertz CT molecular complexity index is 1180. The summed E-state index contributed by atoms with van der Waals surface area (Å²) >= 11 is 7.44. The average molecular weight is 416 g/mol. The van der Waals surface area contributed by atoms with E-state index in [2.05, 4.69) is 20.7 Å². The van der Waals surface area contributed by atoms with Gasteiger partial charge in [-0.15, -0.1) is 11.3 Å². The molecule has 1 aromatic carbocycles. The smallest absolute Gasteiger partial charge is 0.261 e. The fraction of sp³-hybridized carbons (Fsp3) is 0.105. The summed E-state index contributed by atoms with van der Waals surface area (Å²) in [4.78, 5) is 17.0. The molecule has 3 heterocycles. The van der Waals surface area contributed by atoms with Crippen molar-refractivity contribution in [3.63, 3.8) is 0 Å². The van der Waals surface area contributed by atoms with Crippen molar-refractivity contribution in [2.45, 2.75) is 6.92 Å². The maximum atomic E-state index is 14.1. The fourth-order valence-corrected chi connectivity index (χ4v) is 3.82. The molecular weight excluding hydrogens is 401 g/mol. The van der Waals surface area contributed by atoms with E-state index in [0.717, 1.165) is 11.1 Å². The van der Waals surface area contributed by atoms with Gasteiger partial charge in [0, 0.05) is 17.8 Å². The molecule has 0 aliphatic heterocycles. The first-order valence-corrected chi connectivity index (χ1v) is 9.61. The highest BCUT2D eigenvalue weighted by atomic mass is 35.5. The lowest BCUT2D eigenvalue weighted by molar-refractivity contribution is 0.0967. The number of nitrogens with zero attached hydrogens (tertiary/aromatic N) is 3.